The summed E-state index contributed by atoms with van der Waals surface area (Å²) in [6, 6.07) is 59.4. The molecule has 12 aromatic rings. The van der Waals surface area contributed by atoms with E-state index in [-0.39, 0.29) is 6.04 Å². The molecule has 0 bridgehead atoms. The molecular formula is C55H34N4O3. The summed E-state index contributed by atoms with van der Waals surface area (Å²) in [5.74, 6) is 2.29. The van der Waals surface area contributed by atoms with Crippen molar-refractivity contribution in [1.82, 2.24) is 9.88 Å². The zero-order valence-electron chi connectivity index (χ0n) is 33.2. The summed E-state index contributed by atoms with van der Waals surface area (Å²) in [5, 5.41) is 14.1. The van der Waals surface area contributed by atoms with Crippen molar-refractivity contribution < 1.29 is 13.3 Å². The van der Waals surface area contributed by atoms with Crippen LogP contribution in [0.1, 0.15) is 41.1 Å². The number of aromatic nitrogens is 1. The quantitative estimate of drug-likeness (QED) is 0.192. The van der Waals surface area contributed by atoms with Crippen molar-refractivity contribution in [3.8, 4) is 0 Å². The fraction of sp³-hybridized carbons (Fsp3) is 0.0545. The lowest BCUT2D eigenvalue weighted by Crippen LogP contribution is -2.37. The van der Waals surface area contributed by atoms with Crippen molar-refractivity contribution in [2.75, 3.05) is 0 Å². The summed E-state index contributed by atoms with van der Waals surface area (Å²) in [5.41, 5.74) is 10.6. The maximum Gasteiger partial charge on any atom is 0.169 e. The standard InChI is InChI=1S/C55H34N4O3/c1-2-12-32-26-44-42(25-31(32)11-1)36-13-3-7-17-43(36)59(44)45-27-35(30-51-52(45)41-16-6-10-20-48(41)62-51)55-57-53(33-21-23-39-37-14-4-8-18-46(37)60-49(39)28-33)56-54(58-55)34-22-24-40-38-15-5-9-19-47(38)61-50(40)29-34/h1-26,28-30,45,53H,27H2,(H,56,57,58). The Kier molecular flexibility index (Phi) is 6.88. The second-order valence-electron chi connectivity index (χ2n) is 16.5. The second kappa shape index (κ2) is 12.7. The molecular weight excluding hydrogens is 765 g/mol. The normalized spacial score (nSPS) is 16.7. The maximum absolute atomic E-state index is 6.78. The molecule has 2 aliphatic rings. The Morgan fingerprint density at radius 3 is 1.84 bits per heavy atom. The van der Waals surface area contributed by atoms with E-state index < -0.39 is 6.17 Å². The molecule has 1 aliphatic heterocycles. The fourth-order valence-electron chi connectivity index (χ4n) is 10.2. The monoisotopic (exact) mass is 798 g/mol. The van der Waals surface area contributed by atoms with Gasteiger partial charge in [0.05, 0.1) is 11.6 Å². The molecule has 7 nitrogen and oxygen atoms in total. The first-order valence-corrected chi connectivity index (χ1v) is 21.1. The van der Waals surface area contributed by atoms with E-state index in [4.69, 9.17) is 23.2 Å². The van der Waals surface area contributed by atoms with Crippen LogP contribution in [0.25, 0.3) is 93.5 Å². The van der Waals surface area contributed by atoms with Gasteiger partial charge in [-0.1, -0.05) is 115 Å². The van der Waals surface area contributed by atoms with Crippen LogP contribution in [0.2, 0.25) is 0 Å². The van der Waals surface area contributed by atoms with Crippen LogP contribution in [-0.2, 0) is 0 Å². The van der Waals surface area contributed by atoms with Crippen molar-refractivity contribution >= 4 is 105 Å². The number of nitrogens with one attached hydrogen (secondary N) is 1. The highest BCUT2D eigenvalue weighted by atomic mass is 16.3. The number of amidine groups is 2. The van der Waals surface area contributed by atoms with Crippen molar-refractivity contribution in [2.45, 2.75) is 18.6 Å². The molecule has 2 unspecified atom stereocenters. The van der Waals surface area contributed by atoms with Gasteiger partial charge in [0, 0.05) is 71.9 Å². The molecule has 1 aliphatic carbocycles. The van der Waals surface area contributed by atoms with Crippen LogP contribution in [0.5, 0.6) is 0 Å². The van der Waals surface area contributed by atoms with E-state index in [1.165, 1.54) is 38.1 Å². The lowest BCUT2D eigenvalue weighted by molar-refractivity contribution is 0.557. The number of benzene rings is 8. The van der Waals surface area contributed by atoms with E-state index in [1.54, 1.807) is 0 Å². The Hall–Kier alpha value is -8.16. The zero-order chi connectivity index (χ0) is 40.5. The van der Waals surface area contributed by atoms with E-state index >= 15 is 0 Å². The molecule has 2 atom stereocenters. The molecule has 5 heterocycles. The van der Waals surface area contributed by atoms with Crippen LogP contribution >= 0.6 is 0 Å². The highest BCUT2D eigenvalue weighted by Gasteiger charge is 2.34. The SMILES string of the molecule is C1=C(C2=NC(c3ccc4c(c3)oc3ccccc34)N=C(c3ccc4c(c3)oc3ccccc34)N2)CC(n2c3ccccc3c3cc4ccccc4cc32)c2c1oc1ccccc21. The maximum atomic E-state index is 6.78. The molecule has 8 aromatic carbocycles. The number of hydrogen-bond donors (Lipinski definition) is 1. The van der Waals surface area contributed by atoms with Crippen molar-refractivity contribution in [3.63, 3.8) is 0 Å². The van der Waals surface area contributed by atoms with Gasteiger partial charge in [-0.25, -0.2) is 9.98 Å². The minimum Gasteiger partial charge on any atom is -0.456 e. The zero-order valence-corrected chi connectivity index (χ0v) is 33.2. The van der Waals surface area contributed by atoms with Crippen LogP contribution in [-0.4, -0.2) is 16.2 Å². The predicted molar refractivity (Wildman–Crippen MR) is 251 cm³/mol. The van der Waals surface area contributed by atoms with Crippen LogP contribution in [0.15, 0.2) is 199 Å². The fourth-order valence-corrected chi connectivity index (χ4v) is 10.2. The van der Waals surface area contributed by atoms with Gasteiger partial charge >= 0.3 is 0 Å². The largest absolute Gasteiger partial charge is 0.456 e. The van der Waals surface area contributed by atoms with Crippen LogP contribution in [0.3, 0.4) is 0 Å². The first-order valence-electron chi connectivity index (χ1n) is 21.1. The van der Waals surface area contributed by atoms with Gasteiger partial charge in [0.2, 0.25) is 0 Å². The summed E-state index contributed by atoms with van der Waals surface area (Å²) < 4.78 is 22.1. The number of furan rings is 3. The van der Waals surface area contributed by atoms with E-state index in [0.29, 0.717) is 12.3 Å². The van der Waals surface area contributed by atoms with Crippen molar-refractivity contribution in [2.24, 2.45) is 9.98 Å². The van der Waals surface area contributed by atoms with Gasteiger partial charge in [0.1, 0.15) is 45.3 Å². The van der Waals surface area contributed by atoms with Crippen LogP contribution in [0, 0.1) is 0 Å². The van der Waals surface area contributed by atoms with Crippen molar-refractivity contribution in [3.05, 3.63) is 198 Å². The summed E-state index contributed by atoms with van der Waals surface area (Å²) in [6.07, 6.45) is 2.29. The Morgan fingerprint density at radius 1 is 0.468 bits per heavy atom. The van der Waals surface area contributed by atoms with Gasteiger partial charge in [0.15, 0.2) is 6.17 Å². The van der Waals surface area contributed by atoms with Gasteiger partial charge in [0.25, 0.3) is 0 Å². The highest BCUT2D eigenvalue weighted by Crippen LogP contribution is 2.46. The Labute approximate surface area is 353 Å². The first kappa shape index (κ1) is 33.6. The minimum absolute atomic E-state index is 0.110. The third-order valence-electron chi connectivity index (χ3n) is 13.0. The van der Waals surface area contributed by atoms with Crippen LogP contribution < -0.4 is 5.32 Å². The molecule has 1 N–H and O–H groups in total. The third kappa shape index (κ3) is 4.93. The first-order chi connectivity index (χ1) is 30.7. The van der Waals surface area contributed by atoms with Gasteiger partial charge in [-0.3, -0.25) is 0 Å². The van der Waals surface area contributed by atoms with Gasteiger partial charge in [-0.05, 0) is 71.4 Å². The number of para-hydroxylation sites is 4. The Morgan fingerprint density at radius 2 is 1.06 bits per heavy atom. The topological polar surface area (TPSA) is 81.1 Å². The number of hydrogen-bond acceptors (Lipinski definition) is 6. The van der Waals surface area contributed by atoms with Gasteiger partial charge in [-0.15, -0.1) is 0 Å². The lowest BCUT2D eigenvalue weighted by Gasteiger charge is -2.29. The number of nitrogens with zero attached hydrogens (tertiary/aromatic N) is 3. The van der Waals surface area contributed by atoms with E-state index in [9.17, 15) is 0 Å². The molecule has 0 amide bonds. The van der Waals surface area contributed by atoms with Gasteiger partial charge < -0.3 is 23.1 Å². The van der Waals surface area contributed by atoms with E-state index in [0.717, 1.165) is 83.1 Å². The minimum atomic E-state index is -0.554. The molecule has 4 aromatic heterocycles. The lowest BCUT2D eigenvalue weighted by atomic mass is 9.89. The highest BCUT2D eigenvalue weighted by molar-refractivity contribution is 6.19. The average Bonchev–Trinajstić information content (AvgIpc) is 4.08. The number of fused-ring (bicyclic) bond motifs is 13. The van der Waals surface area contributed by atoms with Crippen LogP contribution in [0.4, 0.5) is 0 Å². The van der Waals surface area contributed by atoms with Crippen molar-refractivity contribution in [1.29, 1.82) is 0 Å². The predicted octanol–water partition coefficient (Wildman–Crippen LogP) is 14.0. The third-order valence-corrected chi connectivity index (χ3v) is 13.0. The molecule has 0 saturated carbocycles. The molecule has 0 fully saturated rings. The average molecular weight is 799 g/mol. The van der Waals surface area contributed by atoms with E-state index in [2.05, 4.69) is 143 Å². The molecule has 0 saturated heterocycles. The Balaban J connectivity index is 0.966. The molecule has 0 spiro atoms. The number of rotatable bonds is 4. The second-order valence-corrected chi connectivity index (χ2v) is 16.5. The Bertz CT molecular complexity index is 3970. The van der Waals surface area contributed by atoms with Gasteiger partial charge in [-0.2, -0.15) is 0 Å². The number of aliphatic imine (C=N–C) groups is 2. The summed E-state index contributed by atoms with van der Waals surface area (Å²) in [6.45, 7) is 0. The molecule has 0 radical (unpaired) electrons. The smallest absolute Gasteiger partial charge is 0.169 e. The molecule has 14 rings (SSSR count). The molecule has 62 heavy (non-hydrogen) atoms. The summed E-state index contributed by atoms with van der Waals surface area (Å²) >= 11 is 0. The summed E-state index contributed by atoms with van der Waals surface area (Å²) in [4.78, 5) is 10.8. The van der Waals surface area contributed by atoms with E-state index in [1.807, 2.05) is 42.5 Å². The molecule has 7 heteroatoms. The molecule has 292 valence electrons. The summed E-state index contributed by atoms with van der Waals surface area (Å²) in [7, 11) is 0.